The van der Waals surface area contributed by atoms with Gasteiger partial charge in [0.2, 0.25) is 0 Å². The van der Waals surface area contributed by atoms with Gasteiger partial charge in [0, 0.05) is 23.4 Å². The Bertz CT molecular complexity index is 877. The maximum Gasteiger partial charge on any atom is 0.335 e. The smallest absolute Gasteiger partial charge is 0.335 e. The highest BCUT2D eigenvalue weighted by atomic mass is 32.2. The molecule has 26 heavy (non-hydrogen) atoms. The van der Waals surface area contributed by atoms with Gasteiger partial charge >= 0.3 is 5.97 Å². The van der Waals surface area contributed by atoms with E-state index in [4.69, 9.17) is 9.84 Å². The number of nitrogens with zero attached hydrogens (tertiary/aromatic N) is 1. The Kier molecular flexibility index (Phi) is 6.69. The van der Waals surface area contributed by atoms with Crippen molar-refractivity contribution < 1.29 is 23.1 Å². The Morgan fingerprint density at radius 3 is 2.35 bits per heavy atom. The molecule has 2 aromatic rings. The first-order valence-corrected chi connectivity index (χ1v) is 10.7. The zero-order chi connectivity index (χ0) is 19.3. The van der Waals surface area contributed by atoms with Gasteiger partial charge < -0.3 is 14.7 Å². The molecule has 0 amide bonds. The summed E-state index contributed by atoms with van der Waals surface area (Å²) in [5, 5.41) is 9.05. The molecule has 0 spiro atoms. The van der Waals surface area contributed by atoms with Crippen molar-refractivity contribution in [2.24, 2.45) is 0 Å². The predicted molar refractivity (Wildman–Crippen MR) is 102 cm³/mol. The summed E-state index contributed by atoms with van der Waals surface area (Å²) in [4.78, 5) is 14.1. The van der Waals surface area contributed by atoms with Crippen LogP contribution in [-0.4, -0.2) is 57.0 Å². The van der Waals surface area contributed by atoms with Crippen LogP contribution in [-0.2, 0) is 9.84 Å². The number of carboxylic acids is 1. The SMILES string of the molecule is CN(C)CCSc1ccc(Oc2ccc(C(=O)O)cc2S(C)(=O)=O)cc1. The Morgan fingerprint density at radius 1 is 1.15 bits per heavy atom. The van der Waals surface area contributed by atoms with Crippen LogP contribution in [0, 0.1) is 0 Å². The molecule has 1 N–H and O–H groups in total. The second kappa shape index (κ2) is 8.57. The van der Waals surface area contributed by atoms with E-state index in [1.807, 2.05) is 26.2 Å². The summed E-state index contributed by atoms with van der Waals surface area (Å²) in [6.45, 7) is 0.969. The maximum atomic E-state index is 12.0. The zero-order valence-corrected chi connectivity index (χ0v) is 16.4. The number of hydrogen-bond acceptors (Lipinski definition) is 6. The third-order valence-electron chi connectivity index (χ3n) is 3.45. The Labute approximate surface area is 157 Å². The molecule has 0 saturated carbocycles. The van der Waals surface area contributed by atoms with Gasteiger partial charge in [0.25, 0.3) is 0 Å². The lowest BCUT2D eigenvalue weighted by atomic mass is 10.2. The molecule has 6 nitrogen and oxygen atoms in total. The summed E-state index contributed by atoms with van der Waals surface area (Å²) < 4.78 is 29.6. The third kappa shape index (κ3) is 5.76. The molecule has 0 unspecified atom stereocenters. The normalized spacial score (nSPS) is 11.5. The molecule has 0 radical (unpaired) electrons. The van der Waals surface area contributed by atoms with Crippen molar-refractivity contribution >= 4 is 27.6 Å². The molecule has 8 heteroatoms. The van der Waals surface area contributed by atoms with Crippen LogP contribution in [0.25, 0.3) is 0 Å². The van der Waals surface area contributed by atoms with E-state index >= 15 is 0 Å². The first kappa shape index (κ1) is 20.3. The molecule has 0 atom stereocenters. The van der Waals surface area contributed by atoms with Crippen LogP contribution in [0.3, 0.4) is 0 Å². The minimum Gasteiger partial charge on any atom is -0.478 e. The number of carboxylic acid groups (broad SMARTS) is 1. The van der Waals surface area contributed by atoms with Gasteiger partial charge in [-0.05, 0) is 56.6 Å². The van der Waals surface area contributed by atoms with E-state index < -0.39 is 15.8 Å². The van der Waals surface area contributed by atoms with Crippen molar-refractivity contribution in [2.75, 3.05) is 32.6 Å². The van der Waals surface area contributed by atoms with Gasteiger partial charge in [0.1, 0.15) is 16.4 Å². The summed E-state index contributed by atoms with van der Waals surface area (Å²) in [6.07, 6.45) is 1.02. The fraction of sp³-hybridized carbons (Fsp3) is 0.278. The number of rotatable bonds is 8. The van der Waals surface area contributed by atoms with Crippen LogP contribution < -0.4 is 4.74 Å². The van der Waals surface area contributed by atoms with Gasteiger partial charge in [0.15, 0.2) is 9.84 Å². The lowest BCUT2D eigenvalue weighted by Crippen LogP contribution is -2.14. The number of carbonyl (C=O) groups is 1. The van der Waals surface area contributed by atoms with Crippen LogP contribution >= 0.6 is 11.8 Å². The summed E-state index contributed by atoms with van der Waals surface area (Å²) in [5.74, 6) is 0.350. The quantitative estimate of drug-likeness (QED) is 0.687. The third-order valence-corrected chi connectivity index (χ3v) is 5.56. The van der Waals surface area contributed by atoms with E-state index in [-0.39, 0.29) is 16.2 Å². The molecule has 0 aliphatic carbocycles. The van der Waals surface area contributed by atoms with Gasteiger partial charge in [0.05, 0.1) is 5.56 Å². The van der Waals surface area contributed by atoms with Gasteiger partial charge in [-0.15, -0.1) is 11.8 Å². The number of aromatic carboxylic acids is 1. The van der Waals surface area contributed by atoms with Crippen molar-refractivity contribution in [2.45, 2.75) is 9.79 Å². The van der Waals surface area contributed by atoms with Crippen molar-refractivity contribution in [3.8, 4) is 11.5 Å². The van der Waals surface area contributed by atoms with Crippen molar-refractivity contribution in [1.29, 1.82) is 0 Å². The lowest BCUT2D eigenvalue weighted by molar-refractivity contribution is 0.0696. The topological polar surface area (TPSA) is 83.9 Å². The highest BCUT2D eigenvalue weighted by Gasteiger charge is 2.18. The molecule has 0 aliphatic heterocycles. The monoisotopic (exact) mass is 395 g/mol. The van der Waals surface area contributed by atoms with Crippen LogP contribution in [0.15, 0.2) is 52.3 Å². The average molecular weight is 396 g/mol. The molecule has 0 bridgehead atoms. The van der Waals surface area contributed by atoms with Gasteiger partial charge in [-0.2, -0.15) is 0 Å². The van der Waals surface area contributed by atoms with E-state index in [2.05, 4.69) is 4.90 Å². The first-order valence-electron chi connectivity index (χ1n) is 7.79. The van der Waals surface area contributed by atoms with Gasteiger partial charge in [-0.3, -0.25) is 0 Å². The molecule has 0 aliphatic rings. The summed E-state index contributed by atoms with van der Waals surface area (Å²) >= 11 is 1.72. The van der Waals surface area contributed by atoms with Crippen molar-refractivity contribution in [3.63, 3.8) is 0 Å². The van der Waals surface area contributed by atoms with Crippen LogP contribution in [0.5, 0.6) is 11.5 Å². The highest BCUT2D eigenvalue weighted by Crippen LogP contribution is 2.31. The summed E-state index contributed by atoms with van der Waals surface area (Å²) in [7, 11) is 0.406. The van der Waals surface area contributed by atoms with E-state index in [0.717, 1.165) is 29.5 Å². The van der Waals surface area contributed by atoms with Gasteiger partial charge in [-0.25, -0.2) is 13.2 Å². The Hall–Kier alpha value is -2.03. The van der Waals surface area contributed by atoms with Crippen LogP contribution in [0.1, 0.15) is 10.4 Å². The fourth-order valence-electron chi connectivity index (χ4n) is 2.09. The van der Waals surface area contributed by atoms with Crippen LogP contribution in [0.2, 0.25) is 0 Å². The number of thioether (sulfide) groups is 1. The summed E-state index contributed by atoms with van der Waals surface area (Å²) in [6, 6.07) is 11.1. The van der Waals surface area contributed by atoms with Crippen LogP contribution in [0.4, 0.5) is 0 Å². The fourth-order valence-corrected chi connectivity index (χ4v) is 3.93. The molecule has 0 heterocycles. The molecule has 140 valence electrons. The maximum absolute atomic E-state index is 12.0. The van der Waals surface area contributed by atoms with E-state index in [0.29, 0.717) is 5.75 Å². The molecule has 0 saturated heterocycles. The Balaban J connectivity index is 2.19. The lowest BCUT2D eigenvalue weighted by Gasteiger charge is -2.12. The first-order chi connectivity index (χ1) is 12.2. The predicted octanol–water partition coefficient (Wildman–Crippen LogP) is 3.23. The minimum absolute atomic E-state index is 0.102. The average Bonchev–Trinajstić information content (AvgIpc) is 2.55. The number of hydrogen-bond donors (Lipinski definition) is 1. The molecular formula is C18H21NO5S2. The van der Waals surface area contributed by atoms with E-state index in [1.165, 1.54) is 12.1 Å². The van der Waals surface area contributed by atoms with E-state index in [1.54, 1.807) is 23.9 Å². The largest absolute Gasteiger partial charge is 0.478 e. The van der Waals surface area contributed by atoms with Gasteiger partial charge in [-0.1, -0.05) is 0 Å². The standard InChI is InChI=1S/C18H21NO5S2/c1-19(2)10-11-25-15-7-5-14(6-8-15)24-16-9-4-13(18(20)21)12-17(16)26(3,22)23/h4-9,12H,10-11H2,1-3H3,(H,20,21). The minimum atomic E-state index is -3.64. The number of sulfone groups is 1. The molecule has 2 aromatic carbocycles. The zero-order valence-electron chi connectivity index (χ0n) is 14.8. The summed E-state index contributed by atoms with van der Waals surface area (Å²) in [5.41, 5.74) is -0.106. The molecule has 2 rings (SSSR count). The molecule has 0 fully saturated rings. The highest BCUT2D eigenvalue weighted by molar-refractivity contribution is 7.99. The van der Waals surface area contributed by atoms with E-state index in [9.17, 15) is 13.2 Å². The molecule has 0 aromatic heterocycles. The second-order valence-corrected chi connectivity index (χ2v) is 9.12. The van der Waals surface area contributed by atoms with Crippen molar-refractivity contribution in [3.05, 3.63) is 48.0 Å². The number of ether oxygens (including phenoxy) is 1. The number of benzene rings is 2. The Morgan fingerprint density at radius 2 is 1.81 bits per heavy atom. The van der Waals surface area contributed by atoms with Crippen molar-refractivity contribution in [1.82, 2.24) is 4.90 Å². The molecular weight excluding hydrogens is 374 g/mol. The second-order valence-electron chi connectivity index (χ2n) is 5.96.